The number of methoxy groups -OCH3 is 2. The second-order valence-electron chi connectivity index (χ2n) is 9.61. The van der Waals surface area contributed by atoms with Gasteiger partial charge >= 0.3 is 11.9 Å². The van der Waals surface area contributed by atoms with Gasteiger partial charge in [0.2, 0.25) is 5.91 Å². The van der Waals surface area contributed by atoms with Gasteiger partial charge in [0.05, 0.1) is 26.2 Å². The Morgan fingerprint density at radius 3 is 1.97 bits per heavy atom. The van der Waals surface area contributed by atoms with Crippen LogP contribution in [0.25, 0.3) is 6.08 Å². The number of rotatable bonds is 10. The van der Waals surface area contributed by atoms with Crippen molar-refractivity contribution < 1.29 is 43.6 Å². The normalized spacial score (nSPS) is 12.6. The summed E-state index contributed by atoms with van der Waals surface area (Å²) >= 11 is 0. The summed E-state index contributed by atoms with van der Waals surface area (Å²) in [6.07, 6.45) is 1.14. The molecular weight excluding hydrogens is 474 g/mol. The molecule has 36 heavy (non-hydrogen) atoms. The monoisotopic (exact) mass is 513 g/mol. The molecule has 0 heterocycles. The fraction of sp³-hybridized carbons (Fsp3) is 0.542. The maximum Gasteiger partial charge on any atom is 0.362 e. The summed E-state index contributed by atoms with van der Waals surface area (Å²) < 4.78 is 10.3. The van der Waals surface area contributed by atoms with Crippen LogP contribution in [0.3, 0.4) is 0 Å². The Bertz CT molecular complexity index is 932. The van der Waals surface area contributed by atoms with Crippen molar-refractivity contribution in [1.82, 2.24) is 5.48 Å². The third-order valence-electron chi connectivity index (χ3n) is 3.89. The molecule has 0 aliphatic rings. The molecule has 0 saturated carbocycles. The molecule has 0 fully saturated rings. The SMILES string of the molecule is CC(C)(C)ON[C@@H](CC(=O)O)C(=O)OOC(C)(C)C.COc1cc(N)c(C=C(C)C(N)=O)cc1OC. The van der Waals surface area contributed by atoms with Crippen LogP contribution in [0.1, 0.15) is 60.5 Å². The minimum absolute atomic E-state index is 0.420. The van der Waals surface area contributed by atoms with Gasteiger partial charge < -0.3 is 26.0 Å². The van der Waals surface area contributed by atoms with E-state index in [9.17, 15) is 14.4 Å². The molecule has 6 N–H and O–H groups in total. The molecule has 204 valence electrons. The quantitative estimate of drug-likeness (QED) is 0.156. The fourth-order valence-corrected chi connectivity index (χ4v) is 2.16. The molecule has 0 aromatic heterocycles. The first-order valence-electron chi connectivity index (χ1n) is 10.9. The molecule has 12 heteroatoms. The number of anilines is 1. The minimum atomic E-state index is -1.15. The first-order chi connectivity index (χ1) is 16.4. The van der Waals surface area contributed by atoms with E-state index in [4.69, 9.17) is 35.8 Å². The van der Waals surface area contributed by atoms with Crippen LogP contribution in [-0.2, 0) is 29.0 Å². The summed E-state index contributed by atoms with van der Waals surface area (Å²) in [6, 6.07) is 2.19. The number of benzene rings is 1. The van der Waals surface area contributed by atoms with E-state index in [0.717, 1.165) is 0 Å². The number of nitrogens with two attached hydrogens (primary N) is 2. The van der Waals surface area contributed by atoms with Gasteiger partial charge in [0.15, 0.2) is 11.5 Å². The molecule has 12 nitrogen and oxygen atoms in total. The number of hydrogen-bond acceptors (Lipinski definition) is 10. The molecular formula is C24H39N3O9. The van der Waals surface area contributed by atoms with Gasteiger partial charge in [-0.05, 0) is 60.6 Å². The van der Waals surface area contributed by atoms with E-state index in [0.29, 0.717) is 28.3 Å². The number of carboxylic acids is 1. The summed E-state index contributed by atoms with van der Waals surface area (Å²) in [7, 11) is 3.06. The largest absolute Gasteiger partial charge is 0.493 e. The van der Waals surface area contributed by atoms with E-state index < -0.39 is 41.5 Å². The number of ether oxygens (including phenoxy) is 2. The second kappa shape index (κ2) is 14.3. The third-order valence-corrected chi connectivity index (χ3v) is 3.89. The Balaban J connectivity index is 0.000000684. The lowest BCUT2D eigenvalue weighted by Gasteiger charge is -2.24. The lowest BCUT2D eigenvalue weighted by molar-refractivity contribution is -0.323. The summed E-state index contributed by atoms with van der Waals surface area (Å²) in [4.78, 5) is 47.9. The number of aliphatic carboxylic acids is 1. The van der Waals surface area contributed by atoms with Crippen LogP contribution in [0.4, 0.5) is 5.69 Å². The molecule has 1 aromatic carbocycles. The Labute approximate surface area is 211 Å². The van der Waals surface area contributed by atoms with Crippen molar-refractivity contribution in [2.75, 3.05) is 20.0 Å². The maximum atomic E-state index is 11.7. The summed E-state index contributed by atoms with van der Waals surface area (Å²) in [5, 5.41) is 8.75. The molecule has 0 saturated heterocycles. The number of carbonyl (C=O) groups excluding carboxylic acids is 2. The van der Waals surface area contributed by atoms with Crippen molar-refractivity contribution >= 4 is 29.6 Å². The van der Waals surface area contributed by atoms with Gasteiger partial charge in [-0.2, -0.15) is 10.4 Å². The zero-order valence-corrected chi connectivity index (χ0v) is 22.4. The van der Waals surface area contributed by atoms with Crippen molar-refractivity contribution in [2.45, 2.75) is 72.1 Å². The summed E-state index contributed by atoms with van der Waals surface area (Å²) in [6.45, 7) is 12.0. The molecule has 1 aromatic rings. The van der Waals surface area contributed by atoms with Gasteiger partial charge in [-0.25, -0.2) is 4.79 Å². The summed E-state index contributed by atoms with van der Waals surface area (Å²) in [5.74, 6) is -1.40. The summed E-state index contributed by atoms with van der Waals surface area (Å²) in [5.41, 5.74) is 13.7. The molecule has 0 aliphatic heterocycles. The third kappa shape index (κ3) is 13.5. The Morgan fingerprint density at radius 2 is 1.56 bits per heavy atom. The molecule has 0 aliphatic carbocycles. The number of carboxylic acid groups (broad SMARTS) is 1. The molecule has 1 atom stereocenters. The first-order valence-corrected chi connectivity index (χ1v) is 10.9. The van der Waals surface area contributed by atoms with Gasteiger partial charge in [-0.3, -0.25) is 19.3 Å². The van der Waals surface area contributed by atoms with Crippen LogP contribution in [0, 0.1) is 0 Å². The van der Waals surface area contributed by atoms with Crippen LogP contribution >= 0.6 is 0 Å². The van der Waals surface area contributed by atoms with E-state index in [1.54, 1.807) is 66.7 Å². The van der Waals surface area contributed by atoms with E-state index >= 15 is 0 Å². The highest BCUT2D eigenvalue weighted by Gasteiger charge is 2.28. The molecule has 0 radical (unpaired) electrons. The number of nitrogens with one attached hydrogen (secondary N) is 1. The average molecular weight is 514 g/mol. The van der Waals surface area contributed by atoms with Crippen LogP contribution in [-0.4, -0.2) is 54.4 Å². The van der Waals surface area contributed by atoms with Gasteiger partial charge in [0, 0.05) is 22.9 Å². The van der Waals surface area contributed by atoms with Crippen LogP contribution in [0.5, 0.6) is 11.5 Å². The number of nitrogen functional groups attached to an aromatic ring is 1. The van der Waals surface area contributed by atoms with E-state index in [1.165, 1.54) is 14.2 Å². The smallest absolute Gasteiger partial charge is 0.362 e. The predicted molar refractivity (Wildman–Crippen MR) is 134 cm³/mol. The van der Waals surface area contributed by atoms with E-state index in [2.05, 4.69) is 10.4 Å². The Hall–Kier alpha value is -3.35. The highest BCUT2D eigenvalue weighted by molar-refractivity contribution is 5.96. The van der Waals surface area contributed by atoms with E-state index in [-0.39, 0.29) is 0 Å². The fourth-order valence-electron chi connectivity index (χ4n) is 2.16. The van der Waals surface area contributed by atoms with Crippen LogP contribution < -0.4 is 26.4 Å². The topological polar surface area (TPSA) is 182 Å². The Morgan fingerprint density at radius 1 is 1.03 bits per heavy atom. The zero-order chi connectivity index (χ0) is 28.3. The van der Waals surface area contributed by atoms with Crippen molar-refractivity contribution in [1.29, 1.82) is 0 Å². The van der Waals surface area contributed by atoms with Gasteiger partial charge in [-0.1, -0.05) is 0 Å². The highest BCUT2D eigenvalue weighted by Crippen LogP contribution is 2.32. The number of amides is 1. The standard InChI is InChI=1S/C12H16N2O3.C12H23NO6/c1-7(12(14)15)4-8-5-10(16-2)11(17-3)6-9(8)13;1-11(2,3)18-13-8(7-9(14)15)10(16)17-19-12(4,5)6/h4-6H,13H2,1-3H3,(H2,14,15);8,13H,7H2,1-6H3,(H,14,15)/t;8-/m.0/s1. The zero-order valence-electron chi connectivity index (χ0n) is 22.4. The number of carbonyl (C=O) groups is 3. The number of hydroxylamine groups is 1. The molecule has 0 unspecified atom stereocenters. The molecule has 1 amide bonds. The molecule has 1 rings (SSSR count). The Kier molecular flexibility index (Phi) is 12.9. The lowest BCUT2D eigenvalue weighted by Crippen LogP contribution is -2.44. The predicted octanol–water partition coefficient (Wildman–Crippen LogP) is 2.60. The highest BCUT2D eigenvalue weighted by atomic mass is 17.2. The first kappa shape index (κ1) is 32.7. The van der Waals surface area contributed by atoms with Crippen molar-refractivity contribution in [3.05, 3.63) is 23.3 Å². The average Bonchev–Trinajstić information content (AvgIpc) is 2.74. The van der Waals surface area contributed by atoms with Crippen LogP contribution in [0.2, 0.25) is 0 Å². The van der Waals surface area contributed by atoms with Crippen molar-refractivity contribution in [2.24, 2.45) is 5.73 Å². The van der Waals surface area contributed by atoms with Gasteiger partial charge in [0.1, 0.15) is 11.6 Å². The van der Waals surface area contributed by atoms with Gasteiger partial charge in [0.25, 0.3) is 0 Å². The molecule has 0 bridgehead atoms. The van der Waals surface area contributed by atoms with E-state index in [1.807, 2.05) is 0 Å². The second-order valence-corrected chi connectivity index (χ2v) is 9.61. The molecule has 0 spiro atoms. The number of hydrogen-bond donors (Lipinski definition) is 4. The van der Waals surface area contributed by atoms with Crippen molar-refractivity contribution in [3.63, 3.8) is 0 Å². The number of primary amides is 1. The maximum absolute atomic E-state index is 11.7. The van der Waals surface area contributed by atoms with Crippen LogP contribution in [0.15, 0.2) is 17.7 Å². The van der Waals surface area contributed by atoms with Gasteiger partial charge in [-0.15, -0.1) is 0 Å². The lowest BCUT2D eigenvalue weighted by atomic mass is 10.1. The van der Waals surface area contributed by atoms with Crippen molar-refractivity contribution in [3.8, 4) is 11.5 Å². The minimum Gasteiger partial charge on any atom is -0.493 e.